The molecule has 0 spiro atoms. The van der Waals surface area contributed by atoms with Gasteiger partial charge in [0.05, 0.1) is 0 Å². The third-order valence-corrected chi connectivity index (χ3v) is 4.39. The van der Waals surface area contributed by atoms with Crippen LogP contribution >= 0.6 is 0 Å². The molecule has 1 atom stereocenters. The van der Waals surface area contributed by atoms with Crippen LogP contribution in [-0.4, -0.2) is 16.2 Å². The van der Waals surface area contributed by atoms with Crippen molar-refractivity contribution in [2.45, 2.75) is 5.41 Å². The van der Waals surface area contributed by atoms with Gasteiger partial charge in [-0.05, 0) is 35.4 Å². The van der Waals surface area contributed by atoms with Crippen LogP contribution in [0.1, 0.15) is 16.7 Å². The lowest BCUT2D eigenvalue weighted by Gasteiger charge is -2.27. The molecule has 3 aromatic rings. The summed E-state index contributed by atoms with van der Waals surface area (Å²) in [4.78, 5) is 13.0. The van der Waals surface area contributed by atoms with Gasteiger partial charge >= 0.3 is 5.97 Å². The standard InChI is InChI=1S/C20H14O4/c21-15-8-6-14(7-9-15)20(13-4-2-1-3-5-13)17-11-10-16(22)12-18(17)24-19(20)23/h1-12,21-22H. The van der Waals surface area contributed by atoms with Crippen molar-refractivity contribution in [3.63, 3.8) is 0 Å². The minimum atomic E-state index is -1.13. The Kier molecular flexibility index (Phi) is 3.06. The molecule has 1 heterocycles. The first-order valence-corrected chi connectivity index (χ1v) is 7.53. The predicted molar refractivity (Wildman–Crippen MR) is 88.2 cm³/mol. The number of fused-ring (bicyclic) bond motifs is 1. The van der Waals surface area contributed by atoms with Gasteiger partial charge < -0.3 is 14.9 Å². The molecular weight excluding hydrogens is 304 g/mol. The molecule has 24 heavy (non-hydrogen) atoms. The summed E-state index contributed by atoms with van der Waals surface area (Å²) in [5.74, 6) is 0.0762. The molecule has 1 unspecified atom stereocenters. The van der Waals surface area contributed by atoms with Gasteiger partial charge in [-0.2, -0.15) is 0 Å². The molecule has 0 aromatic heterocycles. The first-order chi connectivity index (χ1) is 11.6. The average Bonchev–Trinajstić information content (AvgIpc) is 2.88. The molecule has 118 valence electrons. The smallest absolute Gasteiger partial charge is 0.331 e. The number of aromatic hydroxyl groups is 2. The van der Waals surface area contributed by atoms with Crippen LogP contribution in [-0.2, 0) is 10.2 Å². The average molecular weight is 318 g/mol. The van der Waals surface area contributed by atoms with Crippen molar-refractivity contribution in [2.24, 2.45) is 0 Å². The maximum Gasteiger partial charge on any atom is 0.331 e. The Bertz CT molecular complexity index is 916. The first kappa shape index (κ1) is 14.3. The van der Waals surface area contributed by atoms with Crippen molar-refractivity contribution in [3.8, 4) is 17.2 Å². The summed E-state index contributed by atoms with van der Waals surface area (Å²) in [5, 5.41) is 19.3. The highest BCUT2D eigenvalue weighted by Gasteiger charge is 2.52. The van der Waals surface area contributed by atoms with E-state index in [0.717, 1.165) is 5.56 Å². The number of esters is 1. The van der Waals surface area contributed by atoms with Gasteiger partial charge in [0.1, 0.15) is 22.7 Å². The van der Waals surface area contributed by atoms with Crippen molar-refractivity contribution in [1.82, 2.24) is 0 Å². The number of benzene rings is 3. The number of hydrogen-bond donors (Lipinski definition) is 2. The molecule has 0 radical (unpaired) electrons. The van der Waals surface area contributed by atoms with E-state index in [4.69, 9.17) is 4.74 Å². The zero-order valence-corrected chi connectivity index (χ0v) is 12.6. The van der Waals surface area contributed by atoms with Gasteiger partial charge in [-0.1, -0.05) is 42.5 Å². The third kappa shape index (κ3) is 1.90. The van der Waals surface area contributed by atoms with E-state index < -0.39 is 11.4 Å². The number of ether oxygens (including phenoxy) is 1. The molecular formula is C20H14O4. The zero-order valence-electron chi connectivity index (χ0n) is 12.6. The fraction of sp³-hybridized carbons (Fsp3) is 0.0500. The van der Waals surface area contributed by atoms with Crippen LogP contribution in [0.2, 0.25) is 0 Å². The number of carbonyl (C=O) groups excluding carboxylic acids is 1. The zero-order chi connectivity index (χ0) is 16.7. The Morgan fingerprint density at radius 3 is 2.08 bits per heavy atom. The molecule has 2 N–H and O–H groups in total. The second kappa shape index (κ2) is 5.13. The topological polar surface area (TPSA) is 66.8 Å². The minimum absolute atomic E-state index is 0.0381. The summed E-state index contributed by atoms with van der Waals surface area (Å²) in [6.07, 6.45) is 0. The molecule has 1 aliphatic heterocycles. The lowest BCUT2D eigenvalue weighted by atomic mass is 9.70. The summed E-state index contributed by atoms with van der Waals surface area (Å²) >= 11 is 0. The van der Waals surface area contributed by atoms with Crippen molar-refractivity contribution >= 4 is 5.97 Å². The molecule has 0 bridgehead atoms. The number of phenolic OH excluding ortho intramolecular Hbond substituents is 2. The summed E-state index contributed by atoms with van der Waals surface area (Å²) in [6.45, 7) is 0. The second-order valence-corrected chi connectivity index (χ2v) is 5.73. The molecule has 4 rings (SSSR count). The Morgan fingerprint density at radius 2 is 1.38 bits per heavy atom. The Labute approximate surface area is 138 Å². The number of rotatable bonds is 2. The van der Waals surface area contributed by atoms with Crippen LogP contribution in [0.5, 0.6) is 17.2 Å². The van der Waals surface area contributed by atoms with Crippen LogP contribution in [0.3, 0.4) is 0 Å². The molecule has 4 nitrogen and oxygen atoms in total. The van der Waals surface area contributed by atoms with Gasteiger partial charge in [-0.25, -0.2) is 4.79 Å². The first-order valence-electron chi connectivity index (χ1n) is 7.53. The van der Waals surface area contributed by atoms with Crippen LogP contribution in [0.25, 0.3) is 0 Å². The lowest BCUT2D eigenvalue weighted by Crippen LogP contribution is -2.36. The summed E-state index contributed by atoms with van der Waals surface area (Å²) in [6, 6.07) is 20.6. The highest BCUT2D eigenvalue weighted by atomic mass is 16.5. The molecule has 0 amide bonds. The number of hydrogen-bond acceptors (Lipinski definition) is 4. The Hall–Kier alpha value is -3.27. The second-order valence-electron chi connectivity index (χ2n) is 5.73. The van der Waals surface area contributed by atoms with Gasteiger partial charge in [-0.15, -0.1) is 0 Å². The van der Waals surface area contributed by atoms with E-state index >= 15 is 0 Å². The highest BCUT2D eigenvalue weighted by molar-refractivity contribution is 5.98. The molecule has 0 saturated carbocycles. The van der Waals surface area contributed by atoms with Crippen molar-refractivity contribution in [2.75, 3.05) is 0 Å². The van der Waals surface area contributed by atoms with E-state index in [0.29, 0.717) is 16.9 Å². The van der Waals surface area contributed by atoms with Gasteiger partial charge in [0, 0.05) is 11.6 Å². The third-order valence-electron chi connectivity index (χ3n) is 4.39. The van der Waals surface area contributed by atoms with Crippen LogP contribution < -0.4 is 4.74 Å². The van der Waals surface area contributed by atoms with Crippen molar-refractivity contribution < 1.29 is 19.7 Å². The molecule has 0 fully saturated rings. The predicted octanol–water partition coefficient (Wildman–Crippen LogP) is 3.35. The van der Waals surface area contributed by atoms with Gasteiger partial charge in [0.2, 0.25) is 0 Å². The van der Waals surface area contributed by atoms with E-state index in [1.165, 1.54) is 6.07 Å². The highest BCUT2D eigenvalue weighted by Crippen LogP contribution is 2.49. The SMILES string of the molecule is O=C1Oc2cc(O)ccc2C1(c1ccccc1)c1ccc(O)cc1. The van der Waals surface area contributed by atoms with Crippen LogP contribution in [0.4, 0.5) is 0 Å². The Balaban J connectivity index is 2.07. The summed E-state index contributed by atoms with van der Waals surface area (Å²) < 4.78 is 5.48. The van der Waals surface area contributed by atoms with Gasteiger partial charge in [0.25, 0.3) is 0 Å². The van der Waals surface area contributed by atoms with Crippen molar-refractivity contribution in [1.29, 1.82) is 0 Å². The molecule has 0 saturated heterocycles. The molecule has 0 aliphatic carbocycles. The number of phenols is 2. The normalized spacial score (nSPS) is 18.9. The monoisotopic (exact) mass is 318 g/mol. The Morgan fingerprint density at radius 1 is 0.750 bits per heavy atom. The summed E-state index contributed by atoms with van der Waals surface area (Å²) in [7, 11) is 0. The van der Waals surface area contributed by atoms with E-state index in [-0.39, 0.29) is 11.5 Å². The van der Waals surface area contributed by atoms with Crippen LogP contribution in [0, 0.1) is 0 Å². The van der Waals surface area contributed by atoms with Gasteiger partial charge in [-0.3, -0.25) is 0 Å². The van der Waals surface area contributed by atoms with Crippen molar-refractivity contribution in [3.05, 3.63) is 89.5 Å². The molecule has 3 aromatic carbocycles. The van der Waals surface area contributed by atoms with Gasteiger partial charge in [0.15, 0.2) is 0 Å². The minimum Gasteiger partial charge on any atom is -0.508 e. The summed E-state index contributed by atoms with van der Waals surface area (Å²) in [5.41, 5.74) is 1.01. The largest absolute Gasteiger partial charge is 0.508 e. The maximum absolute atomic E-state index is 13.0. The molecule has 4 heteroatoms. The number of carbonyl (C=O) groups is 1. The van der Waals surface area contributed by atoms with E-state index in [9.17, 15) is 15.0 Å². The lowest BCUT2D eigenvalue weighted by molar-refractivity contribution is -0.135. The maximum atomic E-state index is 13.0. The fourth-order valence-corrected chi connectivity index (χ4v) is 3.30. The van der Waals surface area contributed by atoms with E-state index in [1.807, 2.05) is 30.3 Å². The van der Waals surface area contributed by atoms with Crippen LogP contribution in [0.15, 0.2) is 72.8 Å². The molecule has 1 aliphatic rings. The quantitative estimate of drug-likeness (QED) is 0.562. The fourth-order valence-electron chi connectivity index (χ4n) is 3.30. The van der Waals surface area contributed by atoms with E-state index in [1.54, 1.807) is 36.4 Å². The van der Waals surface area contributed by atoms with E-state index in [2.05, 4.69) is 0 Å².